The van der Waals surface area contributed by atoms with Gasteiger partial charge in [-0.1, -0.05) is 78.9 Å². The van der Waals surface area contributed by atoms with Gasteiger partial charge in [0.25, 0.3) is 0 Å². The minimum atomic E-state index is -0.934. The molecule has 0 aliphatic carbocycles. The summed E-state index contributed by atoms with van der Waals surface area (Å²) in [7, 11) is 0. The molecule has 0 unspecified atom stereocenters. The lowest BCUT2D eigenvalue weighted by Crippen LogP contribution is -2.46. The number of imide groups is 1. The molecule has 3 aliphatic rings. The lowest BCUT2D eigenvalue weighted by molar-refractivity contribution is -0.129. The lowest BCUT2D eigenvalue weighted by Gasteiger charge is -2.33. The van der Waals surface area contributed by atoms with E-state index in [1.54, 1.807) is 29.4 Å². The zero-order chi connectivity index (χ0) is 25.1. The molecule has 4 atom stereocenters. The fourth-order valence-electron chi connectivity index (χ4n) is 6.05. The number of para-hydroxylation sites is 1. The van der Waals surface area contributed by atoms with Gasteiger partial charge in [-0.3, -0.25) is 19.4 Å². The normalized spacial score (nSPS) is 23.7. The van der Waals surface area contributed by atoms with Gasteiger partial charge in [-0.25, -0.2) is 4.90 Å². The van der Waals surface area contributed by atoms with Gasteiger partial charge in [-0.2, -0.15) is 5.10 Å². The van der Waals surface area contributed by atoms with Crippen LogP contribution in [0.2, 0.25) is 0 Å². The molecule has 3 aliphatic heterocycles. The molecule has 3 amide bonds. The first-order chi connectivity index (χ1) is 18.1. The largest absolute Gasteiger partial charge is 0.324 e. The van der Waals surface area contributed by atoms with Crippen molar-refractivity contribution in [3.8, 4) is 0 Å². The molecule has 0 saturated carbocycles. The molecule has 37 heavy (non-hydrogen) atoms. The number of hydrazone groups is 1. The first-order valence-corrected chi connectivity index (χ1v) is 12.3. The van der Waals surface area contributed by atoms with E-state index in [0.717, 1.165) is 21.9 Å². The summed E-state index contributed by atoms with van der Waals surface area (Å²) in [6.45, 7) is 0. The van der Waals surface area contributed by atoms with Crippen molar-refractivity contribution in [3.63, 3.8) is 0 Å². The van der Waals surface area contributed by atoms with Gasteiger partial charge in [0.05, 0.1) is 29.8 Å². The maximum absolute atomic E-state index is 14.1. The molecule has 0 spiro atoms. The first kappa shape index (κ1) is 21.5. The van der Waals surface area contributed by atoms with Gasteiger partial charge in [0, 0.05) is 11.1 Å². The molecule has 2 fully saturated rings. The van der Waals surface area contributed by atoms with Crippen LogP contribution in [0.15, 0.2) is 102 Å². The Labute approximate surface area is 213 Å². The van der Waals surface area contributed by atoms with Crippen molar-refractivity contribution in [1.29, 1.82) is 0 Å². The summed E-state index contributed by atoms with van der Waals surface area (Å²) >= 11 is 0. The fourth-order valence-corrected chi connectivity index (χ4v) is 6.05. The van der Waals surface area contributed by atoms with E-state index in [1.807, 2.05) is 78.9 Å². The molecule has 7 rings (SSSR count). The predicted molar refractivity (Wildman–Crippen MR) is 141 cm³/mol. The minimum Gasteiger partial charge on any atom is -0.324 e. The van der Waals surface area contributed by atoms with Crippen molar-refractivity contribution in [3.05, 3.63) is 108 Å². The molecule has 1 N–H and O–H groups in total. The number of hydrogen-bond acceptors (Lipinski definition) is 5. The number of fused-ring (bicyclic) bond motifs is 6. The average Bonchev–Trinajstić information content (AvgIpc) is 3.41. The van der Waals surface area contributed by atoms with Crippen molar-refractivity contribution < 1.29 is 14.4 Å². The Morgan fingerprint density at radius 1 is 0.757 bits per heavy atom. The number of hydrogen-bond donors (Lipinski definition) is 1. The third kappa shape index (κ3) is 3.13. The average molecular weight is 487 g/mol. The van der Waals surface area contributed by atoms with Crippen LogP contribution in [0.3, 0.4) is 0 Å². The van der Waals surface area contributed by atoms with Gasteiger partial charge in [-0.15, -0.1) is 0 Å². The van der Waals surface area contributed by atoms with E-state index in [9.17, 15) is 14.4 Å². The lowest BCUT2D eigenvalue weighted by atomic mass is 9.85. The van der Waals surface area contributed by atoms with Crippen LogP contribution >= 0.6 is 0 Å². The molecule has 3 heterocycles. The van der Waals surface area contributed by atoms with Gasteiger partial charge in [0.15, 0.2) is 0 Å². The Morgan fingerprint density at radius 3 is 2.32 bits per heavy atom. The summed E-state index contributed by atoms with van der Waals surface area (Å²) in [6, 6.07) is 28.6. The predicted octanol–water partition coefficient (Wildman–Crippen LogP) is 4.36. The highest BCUT2D eigenvalue weighted by molar-refractivity contribution is 6.26. The zero-order valence-electron chi connectivity index (χ0n) is 19.7. The van der Waals surface area contributed by atoms with Crippen molar-refractivity contribution in [2.45, 2.75) is 12.1 Å². The van der Waals surface area contributed by atoms with E-state index in [4.69, 9.17) is 0 Å². The second-order valence-electron chi connectivity index (χ2n) is 9.56. The van der Waals surface area contributed by atoms with Crippen molar-refractivity contribution >= 4 is 46.1 Å². The molecule has 2 saturated heterocycles. The van der Waals surface area contributed by atoms with Gasteiger partial charge < -0.3 is 5.32 Å². The Morgan fingerprint density at radius 2 is 1.46 bits per heavy atom. The van der Waals surface area contributed by atoms with Crippen LogP contribution in [0.5, 0.6) is 0 Å². The van der Waals surface area contributed by atoms with E-state index in [2.05, 4.69) is 10.4 Å². The third-order valence-electron chi connectivity index (χ3n) is 7.61. The Balaban J connectivity index is 1.36. The topological polar surface area (TPSA) is 82.1 Å². The number of carbonyl (C=O) groups excluding carboxylic acids is 3. The summed E-state index contributed by atoms with van der Waals surface area (Å²) in [5.74, 6) is -2.65. The highest BCUT2D eigenvalue weighted by atomic mass is 16.2. The van der Waals surface area contributed by atoms with Crippen LogP contribution in [0.25, 0.3) is 10.8 Å². The van der Waals surface area contributed by atoms with Crippen molar-refractivity contribution in [2.75, 3.05) is 10.2 Å². The SMILES string of the molecule is O=C(Nc1ccccc1)[C@@H]1[C@@H]2C(=O)N(c3cccc4ccccc34)C(=O)[C@@H]2[C@H]2c3ccccc3C=NN12. The highest BCUT2D eigenvalue weighted by Crippen LogP contribution is 2.53. The van der Waals surface area contributed by atoms with E-state index < -0.39 is 23.9 Å². The zero-order valence-corrected chi connectivity index (χ0v) is 19.7. The summed E-state index contributed by atoms with van der Waals surface area (Å²) < 4.78 is 0. The Kier molecular flexibility index (Phi) is 4.72. The third-order valence-corrected chi connectivity index (χ3v) is 7.61. The summed E-state index contributed by atoms with van der Waals surface area (Å²) in [6.07, 6.45) is 1.70. The monoisotopic (exact) mass is 486 g/mol. The number of anilines is 2. The molecule has 180 valence electrons. The summed E-state index contributed by atoms with van der Waals surface area (Å²) in [4.78, 5) is 43.3. The minimum absolute atomic E-state index is 0.303. The molecule has 4 aromatic rings. The molecular formula is C30H22N4O3. The first-order valence-electron chi connectivity index (χ1n) is 12.3. The van der Waals surface area contributed by atoms with Crippen LogP contribution < -0.4 is 10.2 Å². The second-order valence-corrected chi connectivity index (χ2v) is 9.56. The Hall–Kier alpha value is -4.78. The number of rotatable bonds is 3. The van der Waals surface area contributed by atoms with E-state index >= 15 is 0 Å². The van der Waals surface area contributed by atoms with E-state index in [-0.39, 0.29) is 17.7 Å². The molecule has 7 nitrogen and oxygen atoms in total. The molecular weight excluding hydrogens is 464 g/mol. The number of amides is 3. The van der Waals surface area contributed by atoms with Crippen LogP contribution in [0.1, 0.15) is 17.2 Å². The summed E-state index contributed by atoms with van der Waals surface area (Å²) in [5.41, 5.74) is 2.94. The van der Waals surface area contributed by atoms with Crippen molar-refractivity contribution in [1.82, 2.24) is 5.01 Å². The standard InChI is InChI=1S/C30H22N4O3/c35-28(32-20-12-2-1-3-13-20)27-25-24(26-22-15-7-5-10-19(22)17-31-34(26)27)29(36)33(30(25)37)23-16-8-11-18-9-4-6-14-21(18)23/h1-17,24-27H,(H,32,35)/t24-,25+,26+,27-/m0/s1. The molecule has 0 radical (unpaired) electrons. The highest BCUT2D eigenvalue weighted by Gasteiger charge is 2.65. The van der Waals surface area contributed by atoms with Gasteiger partial charge in [0.2, 0.25) is 17.7 Å². The molecule has 7 heteroatoms. The van der Waals surface area contributed by atoms with Gasteiger partial charge in [-0.05, 0) is 34.7 Å². The van der Waals surface area contributed by atoms with Gasteiger partial charge in [0.1, 0.15) is 6.04 Å². The maximum Gasteiger partial charge on any atom is 0.249 e. The summed E-state index contributed by atoms with van der Waals surface area (Å²) in [5, 5.41) is 10.9. The van der Waals surface area contributed by atoms with Crippen LogP contribution in [0.4, 0.5) is 11.4 Å². The van der Waals surface area contributed by atoms with Crippen LogP contribution in [-0.2, 0) is 14.4 Å². The van der Waals surface area contributed by atoms with Crippen LogP contribution in [-0.4, -0.2) is 35.0 Å². The molecule has 4 aromatic carbocycles. The van der Waals surface area contributed by atoms with Crippen molar-refractivity contribution in [2.24, 2.45) is 16.9 Å². The molecule has 0 bridgehead atoms. The van der Waals surface area contributed by atoms with E-state index in [1.165, 1.54) is 4.90 Å². The quantitative estimate of drug-likeness (QED) is 0.437. The van der Waals surface area contributed by atoms with Crippen LogP contribution in [0, 0.1) is 11.8 Å². The number of benzene rings is 4. The van der Waals surface area contributed by atoms with Gasteiger partial charge >= 0.3 is 0 Å². The second kappa shape index (κ2) is 8.13. The number of carbonyl (C=O) groups is 3. The maximum atomic E-state index is 14.1. The smallest absolute Gasteiger partial charge is 0.249 e. The fraction of sp³-hybridized carbons (Fsp3) is 0.133. The number of nitrogens with one attached hydrogen (secondary N) is 1. The molecule has 0 aromatic heterocycles. The number of nitrogens with zero attached hydrogens (tertiary/aromatic N) is 3. The Bertz CT molecular complexity index is 1610. The van der Waals surface area contributed by atoms with E-state index in [0.29, 0.717) is 11.4 Å².